The molecule has 3 heteroatoms. The van der Waals surface area contributed by atoms with Gasteiger partial charge in [0.05, 0.1) is 15.7 Å². The Labute approximate surface area is 124 Å². The van der Waals surface area contributed by atoms with Gasteiger partial charge in [-0.2, -0.15) is 0 Å². The van der Waals surface area contributed by atoms with Crippen molar-refractivity contribution >= 4 is 28.9 Å². The summed E-state index contributed by atoms with van der Waals surface area (Å²) in [6, 6.07) is 14.3. The van der Waals surface area contributed by atoms with Gasteiger partial charge in [-0.3, -0.25) is 0 Å². The average molecular weight is 294 g/mol. The molecule has 0 saturated carbocycles. The Morgan fingerprint density at radius 3 is 2.11 bits per heavy atom. The van der Waals surface area contributed by atoms with Gasteiger partial charge in [0.25, 0.3) is 0 Å². The lowest BCUT2D eigenvalue weighted by molar-refractivity contribution is 0.883. The Hall–Kier alpha value is -1.18. The van der Waals surface area contributed by atoms with E-state index in [1.165, 1.54) is 11.1 Å². The predicted molar refractivity (Wildman–Crippen MR) is 84.3 cm³/mol. The van der Waals surface area contributed by atoms with Crippen LogP contribution >= 0.6 is 23.2 Å². The minimum absolute atomic E-state index is 0.156. The summed E-state index contributed by atoms with van der Waals surface area (Å²) in [4.78, 5) is 0. The van der Waals surface area contributed by atoms with Crippen LogP contribution in [-0.2, 0) is 6.42 Å². The number of aryl methyl sites for hydroxylation is 1. The Balaban J connectivity index is 2.18. The molecule has 1 N–H and O–H groups in total. The van der Waals surface area contributed by atoms with E-state index in [2.05, 4.69) is 43.4 Å². The maximum absolute atomic E-state index is 6.16. The summed E-state index contributed by atoms with van der Waals surface area (Å²) in [5.74, 6) is 0. The number of hydrogen-bond acceptors (Lipinski definition) is 1. The molecule has 100 valence electrons. The maximum Gasteiger partial charge on any atom is 0.0723 e. The van der Waals surface area contributed by atoms with Crippen LogP contribution in [0.4, 0.5) is 5.69 Å². The van der Waals surface area contributed by atoms with Crippen molar-refractivity contribution in [3.05, 3.63) is 63.6 Å². The molecular formula is C16H17Cl2N. The van der Waals surface area contributed by atoms with Crippen molar-refractivity contribution in [2.75, 3.05) is 5.32 Å². The van der Waals surface area contributed by atoms with Crippen LogP contribution in [0.5, 0.6) is 0 Å². The van der Waals surface area contributed by atoms with Crippen molar-refractivity contribution in [1.82, 2.24) is 0 Å². The van der Waals surface area contributed by atoms with Gasteiger partial charge < -0.3 is 5.32 Å². The molecule has 0 saturated heterocycles. The van der Waals surface area contributed by atoms with E-state index in [-0.39, 0.29) is 6.04 Å². The molecule has 19 heavy (non-hydrogen) atoms. The minimum atomic E-state index is 0.156. The monoisotopic (exact) mass is 293 g/mol. The molecule has 2 aromatic rings. The van der Waals surface area contributed by atoms with Crippen LogP contribution in [0.2, 0.25) is 10.0 Å². The van der Waals surface area contributed by atoms with Gasteiger partial charge in [-0.15, -0.1) is 0 Å². The highest BCUT2D eigenvalue weighted by Crippen LogP contribution is 2.32. The highest BCUT2D eigenvalue weighted by molar-refractivity contribution is 6.39. The highest BCUT2D eigenvalue weighted by Gasteiger charge is 2.10. The molecule has 1 nitrogen and oxygen atoms in total. The fourth-order valence-corrected chi connectivity index (χ4v) is 2.48. The van der Waals surface area contributed by atoms with Crippen LogP contribution in [-0.4, -0.2) is 0 Å². The molecule has 1 unspecified atom stereocenters. The van der Waals surface area contributed by atoms with E-state index in [1.54, 1.807) is 0 Å². The van der Waals surface area contributed by atoms with Gasteiger partial charge in [0.2, 0.25) is 0 Å². The van der Waals surface area contributed by atoms with Crippen LogP contribution in [0.3, 0.4) is 0 Å². The second-order valence-electron chi connectivity index (χ2n) is 4.56. The lowest BCUT2D eigenvalue weighted by Crippen LogP contribution is -2.07. The summed E-state index contributed by atoms with van der Waals surface area (Å²) < 4.78 is 0. The molecule has 0 aliphatic carbocycles. The number of rotatable bonds is 4. The normalized spacial score (nSPS) is 12.2. The fraction of sp³-hybridized carbons (Fsp3) is 0.250. The second-order valence-corrected chi connectivity index (χ2v) is 5.37. The lowest BCUT2D eigenvalue weighted by atomic mass is 10.0. The minimum Gasteiger partial charge on any atom is -0.376 e. The summed E-state index contributed by atoms with van der Waals surface area (Å²) in [6.07, 6.45) is 1.05. The van der Waals surface area contributed by atoms with Gasteiger partial charge in [-0.05, 0) is 36.6 Å². The fourth-order valence-electron chi connectivity index (χ4n) is 1.98. The summed E-state index contributed by atoms with van der Waals surface area (Å²) >= 11 is 12.3. The summed E-state index contributed by atoms with van der Waals surface area (Å²) in [6.45, 7) is 4.25. The van der Waals surface area contributed by atoms with Crippen molar-refractivity contribution < 1.29 is 0 Å². The molecule has 0 aliphatic rings. The summed E-state index contributed by atoms with van der Waals surface area (Å²) in [5.41, 5.74) is 3.35. The third-order valence-corrected chi connectivity index (χ3v) is 3.84. The van der Waals surface area contributed by atoms with E-state index in [4.69, 9.17) is 23.2 Å². The molecule has 0 bridgehead atoms. The third kappa shape index (κ3) is 3.43. The van der Waals surface area contributed by atoms with Crippen LogP contribution in [0, 0.1) is 0 Å². The number of hydrogen-bond donors (Lipinski definition) is 1. The van der Waals surface area contributed by atoms with Crippen molar-refractivity contribution in [2.45, 2.75) is 26.3 Å². The summed E-state index contributed by atoms with van der Waals surface area (Å²) in [7, 11) is 0. The number of para-hydroxylation sites is 1. The van der Waals surface area contributed by atoms with E-state index in [9.17, 15) is 0 Å². The quantitative estimate of drug-likeness (QED) is 0.759. The molecule has 2 aromatic carbocycles. The van der Waals surface area contributed by atoms with Gasteiger partial charge >= 0.3 is 0 Å². The molecule has 0 amide bonds. The Bertz CT molecular complexity index is 529. The van der Waals surface area contributed by atoms with E-state index < -0.39 is 0 Å². The number of benzene rings is 2. The average Bonchev–Trinajstić information content (AvgIpc) is 2.43. The maximum atomic E-state index is 6.16. The standard InChI is InChI=1S/C16H17Cl2N/c1-3-12-7-9-13(10-8-12)11(2)19-16-14(17)5-4-6-15(16)18/h4-11,19H,3H2,1-2H3. The van der Waals surface area contributed by atoms with Crippen LogP contribution in [0.25, 0.3) is 0 Å². The smallest absolute Gasteiger partial charge is 0.0723 e. The molecule has 0 radical (unpaired) electrons. The first kappa shape index (κ1) is 14.2. The molecular weight excluding hydrogens is 277 g/mol. The highest BCUT2D eigenvalue weighted by atomic mass is 35.5. The zero-order valence-electron chi connectivity index (χ0n) is 11.1. The van der Waals surface area contributed by atoms with Gasteiger partial charge in [-0.25, -0.2) is 0 Å². The number of nitrogens with one attached hydrogen (secondary N) is 1. The molecule has 1 atom stereocenters. The zero-order valence-corrected chi connectivity index (χ0v) is 12.6. The van der Waals surface area contributed by atoms with Crippen molar-refractivity contribution in [2.24, 2.45) is 0 Å². The van der Waals surface area contributed by atoms with Gasteiger partial charge in [0.1, 0.15) is 0 Å². The molecule has 0 aliphatic heterocycles. The van der Waals surface area contributed by atoms with Crippen molar-refractivity contribution in [1.29, 1.82) is 0 Å². The van der Waals surface area contributed by atoms with Gasteiger partial charge in [0.15, 0.2) is 0 Å². The molecule has 0 spiro atoms. The lowest BCUT2D eigenvalue weighted by Gasteiger charge is -2.18. The second kappa shape index (κ2) is 6.31. The Morgan fingerprint density at radius 2 is 1.58 bits per heavy atom. The molecule has 0 heterocycles. The predicted octanol–water partition coefficient (Wildman–Crippen LogP) is 5.73. The SMILES string of the molecule is CCc1ccc(C(C)Nc2c(Cl)cccc2Cl)cc1. The van der Waals surface area contributed by atoms with Crippen LogP contribution in [0.15, 0.2) is 42.5 Å². The van der Waals surface area contributed by atoms with Crippen molar-refractivity contribution in [3.8, 4) is 0 Å². The Kier molecular flexibility index (Phi) is 4.73. The van der Waals surface area contributed by atoms with E-state index >= 15 is 0 Å². The molecule has 0 aromatic heterocycles. The van der Waals surface area contributed by atoms with Crippen LogP contribution < -0.4 is 5.32 Å². The van der Waals surface area contributed by atoms with Gasteiger partial charge in [-0.1, -0.05) is 60.5 Å². The molecule has 0 fully saturated rings. The topological polar surface area (TPSA) is 12.0 Å². The van der Waals surface area contributed by atoms with Gasteiger partial charge in [0, 0.05) is 6.04 Å². The Morgan fingerprint density at radius 1 is 1.00 bits per heavy atom. The largest absolute Gasteiger partial charge is 0.376 e. The third-order valence-electron chi connectivity index (χ3n) is 3.21. The first-order valence-corrected chi connectivity index (χ1v) is 7.16. The van der Waals surface area contributed by atoms with E-state index in [0.717, 1.165) is 12.1 Å². The zero-order chi connectivity index (χ0) is 13.8. The summed E-state index contributed by atoms with van der Waals surface area (Å²) in [5, 5.41) is 4.65. The first-order chi connectivity index (χ1) is 9.11. The number of halogens is 2. The van der Waals surface area contributed by atoms with E-state index in [1.807, 2.05) is 18.2 Å². The first-order valence-electron chi connectivity index (χ1n) is 6.41. The van der Waals surface area contributed by atoms with E-state index in [0.29, 0.717) is 10.0 Å². The molecule has 2 rings (SSSR count). The number of anilines is 1. The van der Waals surface area contributed by atoms with Crippen molar-refractivity contribution in [3.63, 3.8) is 0 Å². The van der Waals surface area contributed by atoms with Crippen LogP contribution in [0.1, 0.15) is 31.0 Å².